The number of unbranched alkanes of at least 4 members (excludes halogenated alkanes) is 2. The Hall–Kier alpha value is -2.07. The SMILES string of the molecule is CC(CCC(C)(F)c1ccc(C#CCCCCN=[N+]=[N-])cc1)S(N)(=O)=O. The molecule has 0 fully saturated rings. The molecule has 0 bridgehead atoms. The van der Waals surface area contributed by atoms with E-state index in [0.717, 1.165) is 18.4 Å². The lowest BCUT2D eigenvalue weighted by molar-refractivity contribution is 0.173. The summed E-state index contributed by atoms with van der Waals surface area (Å²) in [5.74, 6) is 6.05. The maximum atomic E-state index is 14.9. The van der Waals surface area contributed by atoms with E-state index in [1.165, 1.54) is 13.8 Å². The third-order valence-electron chi connectivity index (χ3n) is 4.17. The number of hydrogen-bond acceptors (Lipinski definition) is 3. The number of azide groups is 1. The second-order valence-electron chi connectivity index (χ2n) is 6.43. The van der Waals surface area contributed by atoms with Crippen molar-refractivity contribution in [2.45, 2.75) is 56.9 Å². The van der Waals surface area contributed by atoms with Crippen LogP contribution in [0.4, 0.5) is 4.39 Å². The predicted molar refractivity (Wildman–Crippen MR) is 101 cm³/mol. The summed E-state index contributed by atoms with van der Waals surface area (Å²) in [5, 5.41) is 7.75. The first kappa shape index (κ1) is 22.0. The van der Waals surface area contributed by atoms with Crippen LogP contribution in [0.1, 0.15) is 57.1 Å². The molecule has 142 valence electrons. The summed E-state index contributed by atoms with van der Waals surface area (Å²) in [6.07, 6.45) is 2.59. The Kier molecular flexibility index (Phi) is 8.59. The molecule has 1 aromatic rings. The first-order chi connectivity index (χ1) is 12.2. The van der Waals surface area contributed by atoms with E-state index >= 15 is 0 Å². The first-order valence-corrected chi connectivity index (χ1v) is 10.1. The molecule has 2 atom stereocenters. The van der Waals surface area contributed by atoms with Crippen molar-refractivity contribution in [1.29, 1.82) is 0 Å². The molecular weight excluding hydrogens is 355 g/mol. The minimum absolute atomic E-state index is 0.0702. The van der Waals surface area contributed by atoms with E-state index in [2.05, 4.69) is 21.9 Å². The topological polar surface area (TPSA) is 109 Å². The van der Waals surface area contributed by atoms with Crippen molar-refractivity contribution in [3.05, 3.63) is 45.8 Å². The van der Waals surface area contributed by atoms with Crippen LogP contribution in [-0.2, 0) is 15.7 Å². The highest BCUT2D eigenvalue weighted by molar-refractivity contribution is 7.89. The quantitative estimate of drug-likeness (QED) is 0.228. The smallest absolute Gasteiger partial charge is 0.211 e. The van der Waals surface area contributed by atoms with E-state index in [1.54, 1.807) is 24.3 Å². The fourth-order valence-corrected chi connectivity index (χ4v) is 2.74. The Labute approximate surface area is 154 Å². The van der Waals surface area contributed by atoms with Gasteiger partial charge in [0, 0.05) is 23.4 Å². The zero-order chi connectivity index (χ0) is 19.6. The van der Waals surface area contributed by atoms with Gasteiger partial charge in [-0.15, -0.1) is 0 Å². The summed E-state index contributed by atoms with van der Waals surface area (Å²) in [5.41, 5.74) is 7.81. The predicted octanol–water partition coefficient (Wildman–Crippen LogP) is 4.16. The standard InChI is InChI=1S/C18H25FN4O2S/c1-15(26(21,24)25)12-13-18(2,19)17-10-8-16(9-11-17)7-5-3-4-6-14-22-23-20/h8-11,15H,3-4,6,12-14H2,1-2H3,(H2,21,24,25). The van der Waals surface area contributed by atoms with Crippen LogP contribution in [0.15, 0.2) is 29.4 Å². The summed E-state index contributed by atoms with van der Waals surface area (Å²) in [6, 6.07) is 6.85. The lowest BCUT2D eigenvalue weighted by Crippen LogP contribution is -2.28. The normalized spacial score (nSPS) is 14.5. The number of sulfonamides is 1. The Morgan fingerprint density at radius 1 is 1.35 bits per heavy atom. The largest absolute Gasteiger partial charge is 0.239 e. The first-order valence-electron chi connectivity index (χ1n) is 8.47. The molecule has 1 aromatic carbocycles. The van der Waals surface area contributed by atoms with E-state index in [9.17, 15) is 12.8 Å². The molecule has 0 amide bonds. The van der Waals surface area contributed by atoms with Crippen molar-refractivity contribution in [3.8, 4) is 11.8 Å². The van der Waals surface area contributed by atoms with E-state index in [0.29, 0.717) is 18.5 Å². The van der Waals surface area contributed by atoms with Gasteiger partial charge in [0.05, 0.1) is 5.25 Å². The van der Waals surface area contributed by atoms with Gasteiger partial charge < -0.3 is 0 Å². The monoisotopic (exact) mass is 380 g/mol. The molecule has 2 unspecified atom stereocenters. The van der Waals surface area contributed by atoms with Gasteiger partial charge in [-0.25, -0.2) is 17.9 Å². The number of benzene rings is 1. The van der Waals surface area contributed by atoms with Crippen LogP contribution in [-0.4, -0.2) is 20.2 Å². The number of hydrogen-bond donors (Lipinski definition) is 1. The summed E-state index contributed by atoms with van der Waals surface area (Å²) < 4.78 is 37.3. The molecule has 26 heavy (non-hydrogen) atoms. The van der Waals surface area contributed by atoms with Crippen molar-refractivity contribution in [2.24, 2.45) is 10.3 Å². The summed E-state index contributed by atoms with van der Waals surface area (Å²) >= 11 is 0. The molecule has 2 N–H and O–H groups in total. The van der Waals surface area contributed by atoms with Crippen LogP contribution in [0.3, 0.4) is 0 Å². The van der Waals surface area contributed by atoms with E-state index in [4.69, 9.17) is 10.7 Å². The molecule has 6 nitrogen and oxygen atoms in total. The van der Waals surface area contributed by atoms with Crippen molar-refractivity contribution >= 4 is 10.0 Å². The Morgan fingerprint density at radius 3 is 2.58 bits per heavy atom. The van der Waals surface area contributed by atoms with Gasteiger partial charge in [0.25, 0.3) is 0 Å². The maximum absolute atomic E-state index is 14.9. The number of rotatable bonds is 9. The second kappa shape index (κ2) is 10.2. The average molecular weight is 380 g/mol. The highest BCUT2D eigenvalue weighted by atomic mass is 32.2. The number of nitrogens with two attached hydrogens (primary N) is 1. The molecular formula is C18H25FN4O2S. The average Bonchev–Trinajstić information content (AvgIpc) is 2.58. The van der Waals surface area contributed by atoms with Crippen LogP contribution in [0.25, 0.3) is 10.4 Å². The van der Waals surface area contributed by atoms with Gasteiger partial charge in [0.2, 0.25) is 10.0 Å². The third-order valence-corrected chi connectivity index (χ3v) is 5.53. The van der Waals surface area contributed by atoms with Gasteiger partial charge in [-0.05, 0) is 62.8 Å². The van der Waals surface area contributed by atoms with Crippen molar-refractivity contribution in [2.75, 3.05) is 6.54 Å². The number of primary sulfonamides is 1. The molecule has 0 radical (unpaired) electrons. The second-order valence-corrected chi connectivity index (χ2v) is 8.41. The highest BCUT2D eigenvalue weighted by Gasteiger charge is 2.28. The molecule has 0 saturated carbocycles. The van der Waals surface area contributed by atoms with Gasteiger partial charge in [0.15, 0.2) is 0 Å². The molecule has 0 spiro atoms. The van der Waals surface area contributed by atoms with Gasteiger partial charge in [-0.3, -0.25) is 0 Å². The molecule has 0 aliphatic heterocycles. The van der Waals surface area contributed by atoms with Gasteiger partial charge >= 0.3 is 0 Å². The van der Waals surface area contributed by atoms with Crippen LogP contribution in [0, 0.1) is 11.8 Å². The van der Waals surface area contributed by atoms with Gasteiger partial charge in [-0.2, -0.15) is 0 Å². The Bertz CT molecular complexity index is 789. The lowest BCUT2D eigenvalue weighted by Gasteiger charge is -2.22. The van der Waals surface area contributed by atoms with E-state index in [1.807, 2.05) is 0 Å². The zero-order valence-corrected chi connectivity index (χ0v) is 16.0. The fraction of sp³-hybridized carbons (Fsp3) is 0.556. The Morgan fingerprint density at radius 2 is 2.00 bits per heavy atom. The number of nitrogens with zero attached hydrogens (tertiary/aromatic N) is 3. The van der Waals surface area contributed by atoms with Crippen LogP contribution < -0.4 is 5.14 Å². The molecule has 0 saturated heterocycles. The molecule has 0 aliphatic rings. The Balaban J connectivity index is 2.59. The van der Waals surface area contributed by atoms with Crippen molar-refractivity contribution in [3.63, 3.8) is 0 Å². The minimum Gasteiger partial charge on any atom is -0.239 e. The molecule has 8 heteroatoms. The van der Waals surface area contributed by atoms with E-state index in [-0.39, 0.29) is 12.8 Å². The molecule has 0 aromatic heterocycles. The van der Waals surface area contributed by atoms with Crippen LogP contribution >= 0.6 is 0 Å². The van der Waals surface area contributed by atoms with Crippen LogP contribution in [0.5, 0.6) is 0 Å². The number of alkyl halides is 1. The molecule has 1 rings (SSSR count). The van der Waals surface area contributed by atoms with Crippen LogP contribution in [0.2, 0.25) is 0 Å². The van der Waals surface area contributed by atoms with Crippen molar-refractivity contribution in [1.82, 2.24) is 0 Å². The molecule has 0 heterocycles. The minimum atomic E-state index is -3.64. The lowest BCUT2D eigenvalue weighted by atomic mass is 9.91. The summed E-state index contributed by atoms with van der Waals surface area (Å²) in [6.45, 7) is 3.40. The highest BCUT2D eigenvalue weighted by Crippen LogP contribution is 2.31. The summed E-state index contributed by atoms with van der Waals surface area (Å²) in [4.78, 5) is 2.69. The fourth-order valence-electron chi connectivity index (χ4n) is 2.29. The number of halogens is 1. The maximum Gasteiger partial charge on any atom is 0.211 e. The van der Waals surface area contributed by atoms with Gasteiger partial charge in [-0.1, -0.05) is 29.1 Å². The van der Waals surface area contributed by atoms with E-state index < -0.39 is 20.9 Å². The third kappa shape index (κ3) is 7.87. The molecule has 0 aliphatic carbocycles. The van der Waals surface area contributed by atoms with Gasteiger partial charge in [0.1, 0.15) is 5.67 Å². The summed E-state index contributed by atoms with van der Waals surface area (Å²) in [7, 11) is -3.64. The van der Waals surface area contributed by atoms with Crippen molar-refractivity contribution < 1.29 is 12.8 Å². The zero-order valence-electron chi connectivity index (χ0n) is 15.2.